The topological polar surface area (TPSA) is 63.1 Å². The van der Waals surface area contributed by atoms with Crippen LogP contribution in [0.1, 0.15) is 75.8 Å². The summed E-state index contributed by atoms with van der Waals surface area (Å²) in [6.45, 7) is 5.59. The minimum atomic E-state index is -0.585. The number of thiol groups is 1. The zero-order valence-corrected chi connectivity index (χ0v) is 21.3. The van der Waals surface area contributed by atoms with E-state index < -0.39 is 6.04 Å². The van der Waals surface area contributed by atoms with Crippen LogP contribution in [-0.4, -0.2) is 34.7 Å². The van der Waals surface area contributed by atoms with Crippen molar-refractivity contribution in [3.05, 3.63) is 35.5 Å². The Morgan fingerprint density at radius 1 is 1.12 bits per heavy atom. The monoisotopic (exact) mass is 471 g/mol. The Morgan fingerprint density at radius 3 is 2.48 bits per heavy atom. The van der Waals surface area contributed by atoms with Crippen LogP contribution in [0, 0.1) is 12.8 Å². The molecular weight excluding hydrogens is 430 g/mol. The van der Waals surface area contributed by atoms with Crippen molar-refractivity contribution in [2.24, 2.45) is 5.92 Å². The highest BCUT2D eigenvalue weighted by molar-refractivity contribution is 7.80. The normalized spacial score (nSPS) is 20.5. The summed E-state index contributed by atoms with van der Waals surface area (Å²) in [5, 5.41) is 7.27. The highest BCUT2D eigenvalue weighted by atomic mass is 32.1. The van der Waals surface area contributed by atoms with Crippen LogP contribution in [0.15, 0.2) is 24.4 Å². The van der Waals surface area contributed by atoms with Crippen molar-refractivity contribution in [2.45, 2.75) is 90.6 Å². The van der Waals surface area contributed by atoms with Crippen LogP contribution < -0.4 is 10.6 Å². The number of nitrogens with one attached hydrogen (secondary N) is 2. The average molecular weight is 472 g/mol. The van der Waals surface area contributed by atoms with Gasteiger partial charge in [0.1, 0.15) is 6.04 Å². The van der Waals surface area contributed by atoms with Gasteiger partial charge in [0, 0.05) is 48.3 Å². The van der Waals surface area contributed by atoms with E-state index in [1.54, 1.807) is 0 Å². The molecule has 0 spiro atoms. The van der Waals surface area contributed by atoms with Crippen LogP contribution in [-0.2, 0) is 22.6 Å². The van der Waals surface area contributed by atoms with E-state index in [1.165, 1.54) is 55.0 Å². The summed E-state index contributed by atoms with van der Waals surface area (Å²) in [7, 11) is 0. The SMILES string of the molecule is Cc1ccc2c(c1)c1cn2CCCCCCCCCCCNC(=O)C(NC(=O)C(C)CS)C1. The molecule has 0 aliphatic carbocycles. The molecule has 1 aliphatic heterocycles. The van der Waals surface area contributed by atoms with Crippen molar-refractivity contribution in [3.8, 4) is 0 Å². The van der Waals surface area contributed by atoms with Gasteiger partial charge in [-0.05, 0) is 37.5 Å². The first kappa shape index (κ1) is 25.7. The van der Waals surface area contributed by atoms with Gasteiger partial charge in [0.05, 0.1) is 0 Å². The van der Waals surface area contributed by atoms with Crippen LogP contribution in [0.2, 0.25) is 0 Å². The summed E-state index contributed by atoms with van der Waals surface area (Å²) in [5.74, 6) is 0.00735. The van der Waals surface area contributed by atoms with Gasteiger partial charge in [-0.15, -0.1) is 0 Å². The highest BCUT2D eigenvalue weighted by Crippen LogP contribution is 2.25. The number of hydrogen-bond acceptors (Lipinski definition) is 3. The molecule has 2 atom stereocenters. The van der Waals surface area contributed by atoms with Gasteiger partial charge in [-0.3, -0.25) is 9.59 Å². The molecule has 2 heterocycles. The van der Waals surface area contributed by atoms with Crippen molar-refractivity contribution in [2.75, 3.05) is 12.3 Å². The molecular formula is C27H41N3O2S. The van der Waals surface area contributed by atoms with E-state index in [9.17, 15) is 9.59 Å². The van der Waals surface area contributed by atoms with Gasteiger partial charge in [0.25, 0.3) is 0 Å². The zero-order chi connectivity index (χ0) is 23.6. The van der Waals surface area contributed by atoms with Crippen molar-refractivity contribution >= 4 is 35.3 Å². The lowest BCUT2D eigenvalue weighted by molar-refractivity contribution is -0.130. The predicted octanol–water partition coefficient (Wildman–Crippen LogP) is 5.18. The summed E-state index contributed by atoms with van der Waals surface area (Å²) in [6.07, 6.45) is 13.7. The van der Waals surface area contributed by atoms with Gasteiger partial charge in [0.15, 0.2) is 0 Å². The molecule has 182 valence electrons. The third kappa shape index (κ3) is 7.53. The molecule has 0 radical (unpaired) electrons. The van der Waals surface area contributed by atoms with Crippen molar-refractivity contribution in [3.63, 3.8) is 0 Å². The Labute approximate surface area is 204 Å². The predicted molar refractivity (Wildman–Crippen MR) is 140 cm³/mol. The van der Waals surface area contributed by atoms with E-state index in [1.807, 2.05) is 6.92 Å². The van der Waals surface area contributed by atoms with Gasteiger partial charge in [0.2, 0.25) is 11.8 Å². The van der Waals surface area contributed by atoms with Gasteiger partial charge in [-0.1, -0.05) is 63.5 Å². The maximum atomic E-state index is 13.1. The third-order valence-corrected chi connectivity index (χ3v) is 7.32. The Hall–Kier alpha value is -1.95. The largest absolute Gasteiger partial charge is 0.354 e. The van der Waals surface area contributed by atoms with Gasteiger partial charge in [-0.25, -0.2) is 0 Å². The van der Waals surface area contributed by atoms with Crippen LogP contribution in [0.5, 0.6) is 0 Å². The fourth-order valence-electron chi connectivity index (χ4n) is 4.64. The maximum absolute atomic E-state index is 13.1. The smallest absolute Gasteiger partial charge is 0.242 e. The van der Waals surface area contributed by atoms with Gasteiger partial charge < -0.3 is 15.2 Å². The van der Waals surface area contributed by atoms with Crippen LogP contribution in [0.3, 0.4) is 0 Å². The van der Waals surface area contributed by atoms with Crippen LogP contribution in [0.4, 0.5) is 0 Å². The van der Waals surface area contributed by atoms with E-state index in [2.05, 4.69) is 59.1 Å². The number of carbonyl (C=O) groups is 2. The quantitative estimate of drug-likeness (QED) is 0.540. The second kappa shape index (κ2) is 13.1. The molecule has 1 aliphatic rings. The lowest BCUT2D eigenvalue weighted by Gasteiger charge is -2.20. The lowest BCUT2D eigenvalue weighted by atomic mass is 10.0. The second-order valence-electron chi connectivity index (χ2n) is 9.69. The molecule has 2 bridgehead atoms. The second-order valence-corrected chi connectivity index (χ2v) is 10.1. The van der Waals surface area contributed by atoms with Crippen molar-refractivity contribution in [1.29, 1.82) is 0 Å². The summed E-state index contributed by atoms with van der Waals surface area (Å²) in [6, 6.07) is 5.96. The molecule has 0 fully saturated rings. The van der Waals surface area contributed by atoms with Crippen LogP contribution in [0.25, 0.3) is 10.9 Å². The number of rotatable bonds is 3. The van der Waals surface area contributed by atoms with E-state index >= 15 is 0 Å². The minimum Gasteiger partial charge on any atom is -0.354 e. The summed E-state index contributed by atoms with van der Waals surface area (Å²) >= 11 is 4.26. The fourth-order valence-corrected chi connectivity index (χ4v) is 4.80. The minimum absolute atomic E-state index is 0.0932. The lowest BCUT2D eigenvalue weighted by Crippen LogP contribution is -2.49. The van der Waals surface area contributed by atoms with Crippen LogP contribution >= 0.6 is 12.6 Å². The molecule has 6 heteroatoms. The summed E-state index contributed by atoms with van der Waals surface area (Å²) in [4.78, 5) is 25.8. The Morgan fingerprint density at radius 2 is 1.79 bits per heavy atom. The number of carbonyl (C=O) groups excluding carboxylic acids is 2. The fraction of sp³-hybridized carbons (Fsp3) is 0.630. The van der Waals surface area contributed by atoms with Gasteiger partial charge >= 0.3 is 0 Å². The number of amides is 2. The van der Waals surface area contributed by atoms with Gasteiger partial charge in [-0.2, -0.15) is 12.6 Å². The molecule has 2 amide bonds. The average Bonchev–Trinajstić information content (AvgIpc) is 3.14. The Bertz CT molecular complexity index is 923. The van der Waals surface area contributed by atoms with E-state index in [4.69, 9.17) is 0 Å². The summed E-state index contributed by atoms with van der Waals surface area (Å²) in [5.41, 5.74) is 3.53. The Balaban J connectivity index is 1.87. The number of aryl methyl sites for hydroxylation is 2. The van der Waals surface area contributed by atoms with Crippen molar-refractivity contribution < 1.29 is 9.59 Å². The number of nitrogens with zero attached hydrogens (tertiary/aromatic N) is 1. The number of aromatic nitrogens is 1. The Kier molecular flexibility index (Phi) is 10.2. The summed E-state index contributed by atoms with van der Waals surface area (Å²) < 4.78 is 2.33. The highest BCUT2D eigenvalue weighted by Gasteiger charge is 2.25. The number of fused-ring (bicyclic) bond motifs is 5. The molecule has 2 unspecified atom stereocenters. The molecule has 0 saturated heterocycles. The molecule has 33 heavy (non-hydrogen) atoms. The van der Waals surface area contributed by atoms with E-state index in [0.717, 1.165) is 31.4 Å². The molecule has 1 aromatic carbocycles. The molecule has 1 aromatic heterocycles. The van der Waals surface area contributed by atoms with E-state index in [0.29, 0.717) is 18.7 Å². The first-order valence-corrected chi connectivity index (χ1v) is 13.4. The van der Waals surface area contributed by atoms with Crippen molar-refractivity contribution in [1.82, 2.24) is 15.2 Å². The standard InChI is InChI=1S/C27H41N3O2S/c1-20-12-13-25-23(16-20)22-17-24(29-26(31)21(2)19-33)27(32)28-14-10-8-6-4-3-5-7-9-11-15-30(25)18-22/h12-13,16,18,21,24,33H,3-11,14-15,17,19H2,1-2H3,(H,28,32)(H,29,31). The molecule has 5 nitrogen and oxygen atoms in total. The third-order valence-electron chi connectivity index (χ3n) is 6.77. The maximum Gasteiger partial charge on any atom is 0.242 e. The molecule has 0 saturated carbocycles. The molecule has 3 rings (SSSR count). The first-order valence-electron chi connectivity index (χ1n) is 12.8. The molecule has 2 aromatic rings. The first-order chi connectivity index (χ1) is 16.0. The van der Waals surface area contributed by atoms with E-state index in [-0.39, 0.29) is 17.7 Å². The zero-order valence-electron chi connectivity index (χ0n) is 20.4. The molecule has 2 N–H and O–H groups in total. The number of benzene rings is 1. The number of hydrogen-bond donors (Lipinski definition) is 3.